The van der Waals surface area contributed by atoms with E-state index in [2.05, 4.69) is 27.5 Å². The summed E-state index contributed by atoms with van der Waals surface area (Å²) in [5.74, 6) is 0. The fourth-order valence-corrected chi connectivity index (χ4v) is 2.10. The fourth-order valence-electron chi connectivity index (χ4n) is 2.10. The zero-order valence-electron chi connectivity index (χ0n) is 12.0. The summed E-state index contributed by atoms with van der Waals surface area (Å²) in [4.78, 5) is 3.94. The number of nitrogens with one attached hydrogen (secondary N) is 1. The molecule has 0 saturated carbocycles. The monoisotopic (exact) mass is 276 g/mol. The third-order valence-electron chi connectivity index (χ3n) is 3.01. The van der Waals surface area contributed by atoms with Gasteiger partial charge < -0.3 is 14.8 Å². The zero-order valence-corrected chi connectivity index (χ0v) is 12.0. The van der Waals surface area contributed by atoms with Crippen LogP contribution in [0, 0.1) is 0 Å². The summed E-state index contributed by atoms with van der Waals surface area (Å²) in [7, 11) is 3.26. The van der Waals surface area contributed by atoms with Crippen LogP contribution in [-0.2, 0) is 16.0 Å². The highest BCUT2D eigenvalue weighted by atomic mass is 16.7. The molecular weight excluding hydrogens is 256 g/mol. The topological polar surface area (TPSA) is 61.2 Å². The van der Waals surface area contributed by atoms with Crippen LogP contribution in [-0.4, -0.2) is 41.3 Å². The van der Waals surface area contributed by atoms with Crippen molar-refractivity contribution in [1.29, 1.82) is 0 Å². The SMILES string of the molecule is COC(OC)C(C)Nc1cccc(Cn2cncn2)c1. The van der Waals surface area contributed by atoms with Gasteiger partial charge in [0.15, 0.2) is 6.29 Å². The number of hydrogen-bond donors (Lipinski definition) is 1. The van der Waals surface area contributed by atoms with Gasteiger partial charge in [-0.05, 0) is 24.6 Å². The minimum atomic E-state index is -0.283. The Morgan fingerprint density at radius 1 is 1.30 bits per heavy atom. The van der Waals surface area contributed by atoms with Gasteiger partial charge in [-0.2, -0.15) is 5.10 Å². The predicted octanol–water partition coefficient (Wildman–Crippen LogP) is 1.75. The van der Waals surface area contributed by atoms with Crippen LogP contribution in [0.4, 0.5) is 5.69 Å². The molecule has 0 aliphatic carbocycles. The van der Waals surface area contributed by atoms with Gasteiger partial charge in [0.05, 0.1) is 12.6 Å². The lowest BCUT2D eigenvalue weighted by atomic mass is 10.2. The highest BCUT2D eigenvalue weighted by Gasteiger charge is 2.15. The van der Waals surface area contributed by atoms with E-state index >= 15 is 0 Å². The van der Waals surface area contributed by atoms with Crippen LogP contribution < -0.4 is 5.32 Å². The van der Waals surface area contributed by atoms with Gasteiger partial charge in [-0.15, -0.1) is 0 Å². The maximum atomic E-state index is 5.24. The molecule has 2 aromatic rings. The Morgan fingerprint density at radius 3 is 2.75 bits per heavy atom. The van der Waals surface area contributed by atoms with Gasteiger partial charge in [0.1, 0.15) is 12.7 Å². The first kappa shape index (κ1) is 14.5. The van der Waals surface area contributed by atoms with Crippen LogP contribution in [0.25, 0.3) is 0 Å². The normalized spacial score (nSPS) is 12.6. The highest BCUT2D eigenvalue weighted by Crippen LogP contribution is 2.14. The van der Waals surface area contributed by atoms with Crippen molar-refractivity contribution in [2.75, 3.05) is 19.5 Å². The fraction of sp³-hybridized carbons (Fsp3) is 0.429. The lowest BCUT2D eigenvalue weighted by molar-refractivity contribution is -0.109. The molecule has 1 atom stereocenters. The van der Waals surface area contributed by atoms with E-state index in [9.17, 15) is 0 Å². The molecule has 1 heterocycles. The summed E-state index contributed by atoms with van der Waals surface area (Å²) in [6, 6.07) is 8.22. The Labute approximate surface area is 118 Å². The molecule has 2 rings (SSSR count). The number of methoxy groups -OCH3 is 2. The maximum Gasteiger partial charge on any atom is 0.176 e. The third kappa shape index (κ3) is 3.79. The molecule has 0 spiro atoms. The summed E-state index contributed by atoms with van der Waals surface area (Å²) in [5.41, 5.74) is 2.17. The average Bonchev–Trinajstić information content (AvgIpc) is 2.93. The molecule has 1 aromatic carbocycles. The first-order valence-corrected chi connectivity index (χ1v) is 6.46. The Morgan fingerprint density at radius 2 is 2.10 bits per heavy atom. The molecule has 0 aliphatic heterocycles. The van der Waals surface area contributed by atoms with Gasteiger partial charge in [0, 0.05) is 19.9 Å². The summed E-state index contributed by atoms with van der Waals surface area (Å²) < 4.78 is 12.3. The molecule has 6 nitrogen and oxygen atoms in total. The average molecular weight is 276 g/mol. The van der Waals surface area contributed by atoms with Gasteiger partial charge in [0.2, 0.25) is 0 Å². The Balaban J connectivity index is 2.02. The summed E-state index contributed by atoms with van der Waals surface area (Å²) in [6.45, 7) is 2.71. The van der Waals surface area contributed by atoms with E-state index in [1.165, 1.54) is 6.33 Å². The first-order valence-electron chi connectivity index (χ1n) is 6.46. The van der Waals surface area contributed by atoms with Crippen molar-refractivity contribution in [2.24, 2.45) is 0 Å². The number of benzene rings is 1. The van der Waals surface area contributed by atoms with Crippen LogP contribution >= 0.6 is 0 Å². The summed E-state index contributed by atoms with van der Waals surface area (Å²) in [6.07, 6.45) is 2.95. The second kappa shape index (κ2) is 7.02. The Hall–Kier alpha value is -1.92. The molecule has 20 heavy (non-hydrogen) atoms. The molecule has 1 unspecified atom stereocenters. The van der Waals surface area contributed by atoms with Crippen molar-refractivity contribution >= 4 is 5.69 Å². The van der Waals surface area contributed by atoms with Gasteiger partial charge in [0.25, 0.3) is 0 Å². The quantitative estimate of drug-likeness (QED) is 0.781. The maximum absolute atomic E-state index is 5.24. The molecule has 6 heteroatoms. The van der Waals surface area contributed by atoms with E-state index < -0.39 is 0 Å². The van der Waals surface area contributed by atoms with Gasteiger partial charge in [-0.3, -0.25) is 0 Å². The molecule has 0 fully saturated rings. The minimum Gasteiger partial charge on any atom is -0.377 e. The van der Waals surface area contributed by atoms with Gasteiger partial charge in [-0.25, -0.2) is 9.67 Å². The highest BCUT2D eigenvalue weighted by molar-refractivity contribution is 5.46. The number of hydrogen-bond acceptors (Lipinski definition) is 5. The number of aromatic nitrogens is 3. The summed E-state index contributed by atoms with van der Waals surface area (Å²) in [5, 5.41) is 7.47. The van der Waals surface area contributed by atoms with E-state index in [4.69, 9.17) is 9.47 Å². The standard InChI is InChI=1S/C14H20N4O2/c1-11(14(19-2)20-3)17-13-6-4-5-12(7-13)8-18-10-15-9-16-18/h4-7,9-11,14,17H,8H2,1-3H3. The lowest BCUT2D eigenvalue weighted by Crippen LogP contribution is -2.33. The minimum absolute atomic E-state index is 0.0478. The van der Waals surface area contributed by atoms with Gasteiger partial charge >= 0.3 is 0 Å². The number of anilines is 1. The Bertz CT molecular complexity index is 512. The van der Waals surface area contributed by atoms with Crippen LogP contribution in [0.3, 0.4) is 0 Å². The van der Waals surface area contributed by atoms with Crippen molar-refractivity contribution in [3.8, 4) is 0 Å². The van der Waals surface area contributed by atoms with Gasteiger partial charge in [-0.1, -0.05) is 12.1 Å². The number of rotatable bonds is 7. The third-order valence-corrected chi connectivity index (χ3v) is 3.01. The molecule has 0 aliphatic rings. The first-order chi connectivity index (χ1) is 9.72. The van der Waals surface area contributed by atoms with Crippen LogP contribution in [0.5, 0.6) is 0 Å². The van der Waals surface area contributed by atoms with E-state index in [-0.39, 0.29) is 12.3 Å². The molecule has 1 aromatic heterocycles. The smallest absolute Gasteiger partial charge is 0.176 e. The van der Waals surface area contributed by atoms with Crippen molar-refractivity contribution in [2.45, 2.75) is 25.8 Å². The molecule has 0 bridgehead atoms. The molecule has 0 radical (unpaired) electrons. The van der Waals surface area contributed by atoms with E-state index in [0.717, 1.165) is 11.3 Å². The van der Waals surface area contributed by atoms with Crippen molar-refractivity contribution < 1.29 is 9.47 Å². The zero-order chi connectivity index (χ0) is 14.4. The molecule has 108 valence electrons. The number of ether oxygens (including phenoxy) is 2. The van der Waals surface area contributed by atoms with E-state index in [1.807, 2.05) is 19.1 Å². The summed E-state index contributed by atoms with van der Waals surface area (Å²) >= 11 is 0. The van der Waals surface area contributed by atoms with Crippen molar-refractivity contribution in [3.63, 3.8) is 0 Å². The predicted molar refractivity (Wildman–Crippen MR) is 76.5 cm³/mol. The lowest BCUT2D eigenvalue weighted by Gasteiger charge is -2.23. The van der Waals surface area contributed by atoms with Crippen LogP contribution in [0.1, 0.15) is 12.5 Å². The van der Waals surface area contributed by atoms with Crippen LogP contribution in [0.15, 0.2) is 36.9 Å². The molecule has 1 N–H and O–H groups in total. The largest absolute Gasteiger partial charge is 0.377 e. The number of nitrogens with zero attached hydrogens (tertiary/aromatic N) is 3. The second-order valence-electron chi connectivity index (χ2n) is 4.57. The molecular formula is C14H20N4O2. The second-order valence-corrected chi connectivity index (χ2v) is 4.57. The van der Waals surface area contributed by atoms with E-state index in [1.54, 1.807) is 25.2 Å². The van der Waals surface area contributed by atoms with Crippen molar-refractivity contribution in [1.82, 2.24) is 14.8 Å². The van der Waals surface area contributed by atoms with Crippen LogP contribution in [0.2, 0.25) is 0 Å². The van der Waals surface area contributed by atoms with E-state index in [0.29, 0.717) is 6.54 Å². The molecule has 0 amide bonds. The van der Waals surface area contributed by atoms with Crippen molar-refractivity contribution in [3.05, 3.63) is 42.5 Å². The molecule has 0 saturated heterocycles. The Kier molecular flexibility index (Phi) is 5.09.